The van der Waals surface area contributed by atoms with E-state index in [2.05, 4.69) is 11.1 Å². The number of thiophene rings is 1. The molecule has 2 aliphatic rings. The van der Waals surface area contributed by atoms with Crippen molar-refractivity contribution in [1.82, 2.24) is 9.55 Å². The first kappa shape index (κ1) is 12.5. The van der Waals surface area contributed by atoms with Crippen LogP contribution in [0.1, 0.15) is 30.2 Å². The molecule has 0 amide bonds. The van der Waals surface area contributed by atoms with Crippen molar-refractivity contribution >= 4 is 11.3 Å². The van der Waals surface area contributed by atoms with Crippen LogP contribution in [-0.4, -0.2) is 26.7 Å². The number of rotatable bonds is 3. The van der Waals surface area contributed by atoms with Crippen LogP contribution in [0.4, 0.5) is 8.78 Å². The summed E-state index contributed by atoms with van der Waals surface area (Å²) in [6.07, 6.45) is 3.01. The highest BCUT2D eigenvalue weighted by atomic mass is 32.1. The average molecular weight is 296 g/mol. The normalized spacial score (nSPS) is 25.1. The largest absolute Gasteiger partial charge is 0.393 e. The number of nitrogens with zero attached hydrogens (tertiary/aromatic N) is 2. The van der Waals surface area contributed by atoms with Crippen LogP contribution in [0.5, 0.6) is 0 Å². The Labute approximate surface area is 118 Å². The second-order valence-electron chi connectivity index (χ2n) is 5.73. The lowest BCUT2D eigenvalue weighted by Gasteiger charge is -2.38. The standard InChI is InChI=1S/C14H14F2N2OS/c15-14(16)4-8(5-14)12(19)3-10-13-9(1-2-20-13)11-6-17-7-18(10)11/h1-2,6-8,10,12,19H,3-5H2/t10-,12+/m1/s1. The first-order valence-corrected chi connectivity index (χ1v) is 7.58. The zero-order chi connectivity index (χ0) is 13.9. The van der Waals surface area contributed by atoms with Crippen LogP contribution in [0, 0.1) is 5.92 Å². The summed E-state index contributed by atoms with van der Waals surface area (Å²) in [7, 11) is 0. The van der Waals surface area contributed by atoms with Gasteiger partial charge in [0.15, 0.2) is 0 Å². The SMILES string of the molecule is O[C@@H](C[C@@H]1c2sccc2-c2cncn21)C1CC(F)(F)C1. The van der Waals surface area contributed by atoms with Gasteiger partial charge in [0.2, 0.25) is 5.92 Å². The van der Waals surface area contributed by atoms with Gasteiger partial charge in [0, 0.05) is 23.3 Å². The molecule has 1 aliphatic carbocycles. The van der Waals surface area contributed by atoms with Crippen LogP contribution >= 0.6 is 11.3 Å². The maximum absolute atomic E-state index is 12.9. The molecule has 1 aliphatic heterocycles. The van der Waals surface area contributed by atoms with Crippen LogP contribution in [0.25, 0.3) is 11.3 Å². The fourth-order valence-corrected chi connectivity index (χ4v) is 4.32. The summed E-state index contributed by atoms with van der Waals surface area (Å²) in [5.74, 6) is -2.85. The summed E-state index contributed by atoms with van der Waals surface area (Å²) >= 11 is 1.65. The molecular formula is C14H14F2N2OS. The molecule has 106 valence electrons. The molecule has 0 radical (unpaired) electrons. The average Bonchev–Trinajstić information content (AvgIpc) is 3.02. The topological polar surface area (TPSA) is 38.1 Å². The molecule has 2 aromatic heterocycles. The lowest BCUT2D eigenvalue weighted by molar-refractivity contribution is -0.143. The Balaban J connectivity index is 1.56. The van der Waals surface area contributed by atoms with E-state index in [1.165, 1.54) is 4.88 Å². The van der Waals surface area contributed by atoms with Crippen molar-refractivity contribution in [3.8, 4) is 11.3 Å². The van der Waals surface area contributed by atoms with Crippen molar-refractivity contribution in [2.24, 2.45) is 5.92 Å². The van der Waals surface area contributed by atoms with Crippen molar-refractivity contribution in [2.45, 2.75) is 37.3 Å². The Morgan fingerprint density at radius 3 is 3.05 bits per heavy atom. The second kappa shape index (κ2) is 4.11. The van der Waals surface area contributed by atoms with E-state index >= 15 is 0 Å². The van der Waals surface area contributed by atoms with Crippen LogP contribution < -0.4 is 0 Å². The van der Waals surface area contributed by atoms with Gasteiger partial charge in [-0.1, -0.05) is 0 Å². The number of aromatic nitrogens is 2. The van der Waals surface area contributed by atoms with Crippen molar-refractivity contribution < 1.29 is 13.9 Å². The summed E-state index contributed by atoms with van der Waals surface area (Å²) in [5, 5.41) is 12.3. The zero-order valence-corrected chi connectivity index (χ0v) is 11.5. The van der Waals surface area contributed by atoms with Crippen LogP contribution in [0.3, 0.4) is 0 Å². The summed E-state index contributed by atoms with van der Waals surface area (Å²) < 4.78 is 27.9. The van der Waals surface area contributed by atoms with Gasteiger partial charge in [-0.3, -0.25) is 0 Å². The first-order chi connectivity index (χ1) is 9.55. The Morgan fingerprint density at radius 1 is 1.50 bits per heavy atom. The molecule has 3 nitrogen and oxygen atoms in total. The minimum Gasteiger partial charge on any atom is -0.393 e. The molecule has 2 aromatic rings. The van der Waals surface area contributed by atoms with Gasteiger partial charge < -0.3 is 9.67 Å². The molecule has 1 fully saturated rings. The van der Waals surface area contributed by atoms with Gasteiger partial charge in [0.1, 0.15) is 0 Å². The summed E-state index contributed by atoms with van der Waals surface area (Å²) in [6, 6.07) is 2.09. The van der Waals surface area contributed by atoms with Crippen LogP contribution in [-0.2, 0) is 0 Å². The number of imidazole rings is 1. The Morgan fingerprint density at radius 2 is 2.30 bits per heavy atom. The first-order valence-electron chi connectivity index (χ1n) is 6.71. The number of alkyl halides is 2. The van der Waals surface area contributed by atoms with E-state index in [-0.39, 0.29) is 24.8 Å². The Kier molecular flexibility index (Phi) is 2.57. The molecule has 2 atom stereocenters. The summed E-state index contributed by atoms with van der Waals surface area (Å²) in [5.41, 5.74) is 2.21. The van der Waals surface area contributed by atoms with E-state index in [1.807, 2.05) is 16.1 Å². The third-order valence-electron chi connectivity index (χ3n) is 4.41. The van der Waals surface area contributed by atoms with Crippen LogP contribution in [0.2, 0.25) is 0 Å². The monoisotopic (exact) mass is 296 g/mol. The maximum atomic E-state index is 12.9. The van der Waals surface area contributed by atoms with Gasteiger partial charge in [-0.25, -0.2) is 13.8 Å². The van der Waals surface area contributed by atoms with E-state index < -0.39 is 12.0 Å². The summed E-state index contributed by atoms with van der Waals surface area (Å²) in [4.78, 5) is 5.35. The summed E-state index contributed by atoms with van der Waals surface area (Å²) in [6.45, 7) is 0. The number of aliphatic hydroxyl groups is 1. The molecule has 0 unspecified atom stereocenters. The number of halogens is 2. The lowest BCUT2D eigenvalue weighted by atomic mass is 9.76. The van der Waals surface area contributed by atoms with E-state index in [1.54, 1.807) is 17.7 Å². The number of aliphatic hydroxyl groups excluding tert-OH is 1. The van der Waals surface area contributed by atoms with Gasteiger partial charge in [-0.05, 0) is 23.8 Å². The Hall–Kier alpha value is -1.27. The van der Waals surface area contributed by atoms with E-state index in [0.717, 1.165) is 11.3 Å². The zero-order valence-electron chi connectivity index (χ0n) is 10.7. The van der Waals surface area contributed by atoms with Crippen molar-refractivity contribution in [3.05, 3.63) is 28.8 Å². The quantitative estimate of drug-likeness (QED) is 0.943. The molecule has 1 N–H and O–H groups in total. The molecule has 20 heavy (non-hydrogen) atoms. The van der Waals surface area contributed by atoms with Crippen molar-refractivity contribution in [3.63, 3.8) is 0 Å². The molecule has 0 saturated heterocycles. The van der Waals surface area contributed by atoms with Gasteiger partial charge in [0.25, 0.3) is 0 Å². The molecule has 6 heteroatoms. The molecular weight excluding hydrogens is 282 g/mol. The van der Waals surface area contributed by atoms with Crippen molar-refractivity contribution in [2.75, 3.05) is 0 Å². The third kappa shape index (κ3) is 1.74. The van der Waals surface area contributed by atoms with Crippen LogP contribution in [0.15, 0.2) is 24.0 Å². The molecule has 1 saturated carbocycles. The highest BCUT2D eigenvalue weighted by Gasteiger charge is 2.49. The maximum Gasteiger partial charge on any atom is 0.248 e. The third-order valence-corrected chi connectivity index (χ3v) is 5.42. The molecule has 0 spiro atoms. The second-order valence-corrected chi connectivity index (χ2v) is 6.68. The lowest BCUT2D eigenvalue weighted by Crippen LogP contribution is -2.42. The van der Waals surface area contributed by atoms with Gasteiger partial charge >= 0.3 is 0 Å². The van der Waals surface area contributed by atoms with Gasteiger partial charge in [0.05, 0.1) is 30.4 Å². The smallest absolute Gasteiger partial charge is 0.248 e. The Bertz CT molecular complexity index is 603. The number of fused-ring (bicyclic) bond motifs is 3. The van der Waals surface area contributed by atoms with E-state index in [4.69, 9.17) is 0 Å². The fraction of sp³-hybridized carbons (Fsp3) is 0.500. The molecule has 3 heterocycles. The predicted octanol–water partition coefficient (Wildman–Crippen LogP) is 3.31. The highest BCUT2D eigenvalue weighted by Crippen LogP contribution is 2.49. The number of hydrogen-bond donors (Lipinski definition) is 1. The molecule has 0 aromatic carbocycles. The molecule has 4 rings (SSSR count). The number of hydrogen-bond acceptors (Lipinski definition) is 3. The van der Waals surface area contributed by atoms with Gasteiger partial charge in [-0.15, -0.1) is 11.3 Å². The van der Waals surface area contributed by atoms with E-state index in [0.29, 0.717) is 6.42 Å². The van der Waals surface area contributed by atoms with E-state index in [9.17, 15) is 13.9 Å². The van der Waals surface area contributed by atoms with Crippen molar-refractivity contribution in [1.29, 1.82) is 0 Å². The van der Waals surface area contributed by atoms with Gasteiger partial charge in [-0.2, -0.15) is 0 Å². The predicted molar refractivity (Wildman–Crippen MR) is 72.0 cm³/mol. The minimum atomic E-state index is -2.57. The minimum absolute atomic E-state index is 0.0340. The fourth-order valence-electron chi connectivity index (χ4n) is 3.30. The molecule has 0 bridgehead atoms. The highest BCUT2D eigenvalue weighted by molar-refractivity contribution is 7.10.